The first kappa shape index (κ1) is 14.1. The molecule has 0 saturated heterocycles. The number of rotatable bonds is 8. The van der Waals surface area contributed by atoms with E-state index in [1.54, 1.807) is 0 Å². The van der Waals surface area contributed by atoms with E-state index >= 15 is 0 Å². The highest BCUT2D eigenvalue weighted by atomic mass is 16.4. The van der Waals surface area contributed by atoms with Crippen molar-refractivity contribution in [3.8, 4) is 0 Å². The molecule has 15 heavy (non-hydrogen) atoms. The van der Waals surface area contributed by atoms with Crippen LogP contribution < -0.4 is 5.73 Å². The largest absolute Gasteiger partial charge is 0.481 e. The van der Waals surface area contributed by atoms with Crippen molar-refractivity contribution in [3.63, 3.8) is 0 Å². The Morgan fingerprint density at radius 2 is 1.87 bits per heavy atom. The molecule has 88 valence electrons. The van der Waals surface area contributed by atoms with Crippen molar-refractivity contribution in [2.24, 2.45) is 17.6 Å². The van der Waals surface area contributed by atoms with E-state index in [4.69, 9.17) is 10.8 Å². The van der Waals surface area contributed by atoms with E-state index in [2.05, 4.69) is 13.8 Å². The van der Waals surface area contributed by atoms with E-state index in [9.17, 15) is 9.59 Å². The molecule has 1 unspecified atom stereocenters. The Labute approximate surface area is 90.8 Å². The Kier molecular flexibility index (Phi) is 6.96. The minimum atomic E-state index is -0.925. The smallest absolute Gasteiger partial charge is 0.304 e. The number of Topliss-reactive ketones (excluding diaryl/α,β-unsaturated/α-hetero) is 1. The van der Waals surface area contributed by atoms with E-state index in [-0.39, 0.29) is 18.7 Å². The predicted octanol–water partition coefficient (Wildman–Crippen LogP) is 1.43. The molecule has 1 atom stereocenters. The summed E-state index contributed by atoms with van der Waals surface area (Å²) >= 11 is 0. The van der Waals surface area contributed by atoms with Gasteiger partial charge in [-0.1, -0.05) is 26.7 Å². The minimum absolute atomic E-state index is 0.0559. The number of hydrogen-bond donors (Lipinski definition) is 2. The zero-order chi connectivity index (χ0) is 11.8. The molecule has 0 heterocycles. The van der Waals surface area contributed by atoms with Crippen molar-refractivity contribution in [1.29, 1.82) is 0 Å². The third-order valence-corrected chi connectivity index (χ3v) is 2.41. The fraction of sp³-hybridized carbons (Fsp3) is 0.818. The summed E-state index contributed by atoms with van der Waals surface area (Å²) in [5, 5.41) is 8.64. The summed E-state index contributed by atoms with van der Waals surface area (Å²) in [7, 11) is 0. The van der Waals surface area contributed by atoms with Crippen molar-refractivity contribution in [1.82, 2.24) is 0 Å². The van der Waals surface area contributed by atoms with E-state index in [1.165, 1.54) is 0 Å². The maximum Gasteiger partial charge on any atom is 0.304 e. The van der Waals surface area contributed by atoms with E-state index in [0.29, 0.717) is 12.3 Å². The summed E-state index contributed by atoms with van der Waals surface area (Å²) in [5.41, 5.74) is 5.24. The second kappa shape index (κ2) is 7.40. The van der Waals surface area contributed by atoms with Crippen LogP contribution in [-0.4, -0.2) is 23.4 Å². The molecule has 0 saturated carbocycles. The molecule has 0 aliphatic rings. The van der Waals surface area contributed by atoms with Crippen LogP contribution in [-0.2, 0) is 9.59 Å². The van der Waals surface area contributed by atoms with Gasteiger partial charge in [0.05, 0.1) is 13.0 Å². The van der Waals surface area contributed by atoms with Gasteiger partial charge in [-0.2, -0.15) is 0 Å². The summed E-state index contributed by atoms with van der Waals surface area (Å²) in [5.74, 6) is -0.873. The Morgan fingerprint density at radius 3 is 2.27 bits per heavy atom. The maximum absolute atomic E-state index is 11.3. The monoisotopic (exact) mass is 215 g/mol. The van der Waals surface area contributed by atoms with Gasteiger partial charge in [0.2, 0.25) is 0 Å². The van der Waals surface area contributed by atoms with Gasteiger partial charge in [0, 0.05) is 5.92 Å². The van der Waals surface area contributed by atoms with Crippen LogP contribution in [0.1, 0.15) is 39.5 Å². The van der Waals surface area contributed by atoms with Gasteiger partial charge in [0.25, 0.3) is 0 Å². The summed E-state index contributed by atoms with van der Waals surface area (Å²) in [6, 6.07) is 0. The second-order valence-corrected chi connectivity index (χ2v) is 4.29. The molecule has 0 aromatic rings. The van der Waals surface area contributed by atoms with Crippen LogP contribution in [0, 0.1) is 11.8 Å². The fourth-order valence-electron chi connectivity index (χ4n) is 1.53. The Bertz CT molecular complexity index is 214. The van der Waals surface area contributed by atoms with Crippen LogP contribution in [0.2, 0.25) is 0 Å². The zero-order valence-electron chi connectivity index (χ0n) is 9.53. The highest BCUT2D eigenvalue weighted by Crippen LogP contribution is 2.16. The predicted molar refractivity (Wildman–Crippen MR) is 58.5 cm³/mol. The number of carbonyl (C=O) groups excluding carboxylic acids is 1. The van der Waals surface area contributed by atoms with Crippen LogP contribution in [0.4, 0.5) is 0 Å². The number of hydrogen-bond acceptors (Lipinski definition) is 3. The number of carboxylic acid groups (broad SMARTS) is 1. The van der Waals surface area contributed by atoms with Crippen molar-refractivity contribution >= 4 is 11.8 Å². The number of carboxylic acids is 1. The molecule has 0 aromatic carbocycles. The fourth-order valence-corrected chi connectivity index (χ4v) is 1.53. The summed E-state index contributed by atoms with van der Waals surface area (Å²) < 4.78 is 0. The lowest BCUT2D eigenvalue weighted by Gasteiger charge is -2.13. The number of nitrogens with two attached hydrogens (primary N) is 1. The first-order chi connectivity index (χ1) is 6.97. The van der Waals surface area contributed by atoms with Gasteiger partial charge in [-0.15, -0.1) is 0 Å². The minimum Gasteiger partial charge on any atom is -0.481 e. The topological polar surface area (TPSA) is 80.4 Å². The molecule has 0 radical (unpaired) electrons. The number of ketones is 1. The molecule has 4 nitrogen and oxygen atoms in total. The maximum atomic E-state index is 11.3. The summed E-state index contributed by atoms with van der Waals surface area (Å²) in [4.78, 5) is 21.9. The second-order valence-electron chi connectivity index (χ2n) is 4.29. The first-order valence-corrected chi connectivity index (χ1v) is 5.42. The Balaban J connectivity index is 4.01. The van der Waals surface area contributed by atoms with Gasteiger partial charge in [-0.25, -0.2) is 0 Å². The third-order valence-electron chi connectivity index (χ3n) is 2.41. The lowest BCUT2D eigenvalue weighted by molar-refractivity contribution is -0.140. The van der Waals surface area contributed by atoms with Crippen LogP contribution >= 0.6 is 0 Å². The van der Waals surface area contributed by atoms with Crippen LogP contribution in [0.5, 0.6) is 0 Å². The van der Waals surface area contributed by atoms with Crippen molar-refractivity contribution < 1.29 is 14.7 Å². The van der Waals surface area contributed by atoms with E-state index in [1.807, 2.05) is 0 Å². The molecule has 0 aliphatic heterocycles. The normalized spacial score (nSPS) is 12.8. The van der Waals surface area contributed by atoms with Gasteiger partial charge in [0.1, 0.15) is 5.78 Å². The Hall–Kier alpha value is -0.900. The van der Waals surface area contributed by atoms with E-state index < -0.39 is 11.9 Å². The van der Waals surface area contributed by atoms with Gasteiger partial charge in [-0.3, -0.25) is 9.59 Å². The molecule has 4 heteroatoms. The Morgan fingerprint density at radius 1 is 1.27 bits per heavy atom. The molecule has 0 bridgehead atoms. The SMILES string of the molecule is CC(C)CCCC(CC(=O)O)C(=O)CN. The molecule has 0 aliphatic carbocycles. The van der Waals surface area contributed by atoms with Crippen LogP contribution in [0.3, 0.4) is 0 Å². The highest BCUT2D eigenvalue weighted by Gasteiger charge is 2.19. The average molecular weight is 215 g/mol. The highest BCUT2D eigenvalue weighted by molar-refractivity contribution is 5.86. The molecular weight excluding hydrogens is 194 g/mol. The molecule has 0 amide bonds. The number of aliphatic carboxylic acids is 1. The first-order valence-electron chi connectivity index (χ1n) is 5.42. The van der Waals surface area contributed by atoms with Gasteiger partial charge >= 0.3 is 5.97 Å². The van der Waals surface area contributed by atoms with Crippen molar-refractivity contribution in [2.75, 3.05) is 6.54 Å². The van der Waals surface area contributed by atoms with Gasteiger partial charge in [0.15, 0.2) is 0 Å². The quantitative estimate of drug-likeness (QED) is 0.642. The molecule has 0 spiro atoms. The van der Waals surface area contributed by atoms with Crippen molar-refractivity contribution in [2.45, 2.75) is 39.5 Å². The average Bonchev–Trinajstić information content (AvgIpc) is 2.14. The molecule has 3 N–H and O–H groups in total. The van der Waals surface area contributed by atoms with Crippen molar-refractivity contribution in [3.05, 3.63) is 0 Å². The zero-order valence-corrected chi connectivity index (χ0v) is 9.53. The van der Waals surface area contributed by atoms with Gasteiger partial charge in [-0.05, 0) is 12.3 Å². The van der Waals surface area contributed by atoms with Gasteiger partial charge < -0.3 is 10.8 Å². The summed E-state index contributed by atoms with van der Waals surface area (Å²) in [6.45, 7) is 4.16. The number of carbonyl (C=O) groups is 2. The lowest BCUT2D eigenvalue weighted by Crippen LogP contribution is -2.25. The third kappa shape index (κ3) is 7.08. The summed E-state index contributed by atoms with van der Waals surface area (Å²) in [6.07, 6.45) is 2.46. The standard InChI is InChI=1S/C11H21NO3/c1-8(2)4-3-5-9(6-11(14)15)10(13)7-12/h8-9H,3-7,12H2,1-2H3,(H,14,15). The van der Waals surface area contributed by atoms with Crippen LogP contribution in [0.15, 0.2) is 0 Å². The van der Waals surface area contributed by atoms with Crippen LogP contribution in [0.25, 0.3) is 0 Å². The lowest BCUT2D eigenvalue weighted by atomic mass is 9.92. The van der Waals surface area contributed by atoms with E-state index in [0.717, 1.165) is 12.8 Å². The molecule has 0 rings (SSSR count). The molecular formula is C11H21NO3. The molecule has 0 fully saturated rings. The molecule has 0 aromatic heterocycles.